The predicted octanol–water partition coefficient (Wildman–Crippen LogP) is 0.774. The number of alkyl halides is 2. The highest BCUT2D eigenvalue weighted by molar-refractivity contribution is 5.04. The van der Waals surface area contributed by atoms with Gasteiger partial charge < -0.3 is 10.1 Å². The highest BCUT2D eigenvalue weighted by atomic mass is 19.3. The van der Waals surface area contributed by atoms with E-state index in [-0.39, 0.29) is 6.42 Å². The molecule has 4 heteroatoms. The van der Waals surface area contributed by atoms with E-state index in [1.165, 1.54) is 0 Å². The maximum absolute atomic E-state index is 13.1. The van der Waals surface area contributed by atoms with E-state index >= 15 is 0 Å². The summed E-state index contributed by atoms with van der Waals surface area (Å²) in [6.07, 6.45) is 0.403. The molecular formula is C7H11F2NO. The Morgan fingerprint density at radius 2 is 2.00 bits per heavy atom. The van der Waals surface area contributed by atoms with Crippen molar-refractivity contribution in [1.29, 1.82) is 0 Å². The predicted molar refractivity (Wildman–Crippen MR) is 35.7 cm³/mol. The van der Waals surface area contributed by atoms with Crippen LogP contribution in [0.15, 0.2) is 0 Å². The molecule has 1 unspecified atom stereocenters. The first kappa shape index (κ1) is 7.43. The van der Waals surface area contributed by atoms with Crippen molar-refractivity contribution < 1.29 is 13.5 Å². The van der Waals surface area contributed by atoms with Crippen LogP contribution < -0.4 is 5.32 Å². The maximum atomic E-state index is 13.1. The summed E-state index contributed by atoms with van der Waals surface area (Å²) in [6, 6.07) is 0. The van der Waals surface area contributed by atoms with Gasteiger partial charge in [0.05, 0.1) is 6.61 Å². The molecule has 2 rings (SSSR count). The smallest absolute Gasteiger partial charge is 0.279 e. The lowest BCUT2D eigenvalue weighted by Crippen LogP contribution is -2.66. The van der Waals surface area contributed by atoms with Crippen LogP contribution in [0.3, 0.4) is 0 Å². The zero-order chi connectivity index (χ0) is 7.95. The molecule has 2 saturated heterocycles. The standard InChI is InChI=1S/C7H11F2NO/c8-7(9)1-3-10-5-6(7)2-4-11-6/h10H,1-5H2. The summed E-state index contributed by atoms with van der Waals surface area (Å²) in [5.41, 5.74) is -1.15. The van der Waals surface area contributed by atoms with E-state index in [0.29, 0.717) is 26.1 Å². The number of ether oxygens (including phenoxy) is 1. The minimum atomic E-state index is -2.61. The van der Waals surface area contributed by atoms with Crippen LogP contribution in [0, 0.1) is 0 Å². The second-order valence-electron chi connectivity index (χ2n) is 3.22. The average Bonchev–Trinajstić information content (AvgIpc) is 1.83. The van der Waals surface area contributed by atoms with Crippen LogP contribution in [-0.2, 0) is 4.74 Å². The number of hydrogen-bond acceptors (Lipinski definition) is 2. The van der Waals surface area contributed by atoms with Crippen LogP contribution in [0.2, 0.25) is 0 Å². The summed E-state index contributed by atoms with van der Waals surface area (Å²) in [7, 11) is 0. The first-order chi connectivity index (χ1) is 5.16. The Balaban J connectivity index is 2.15. The lowest BCUT2D eigenvalue weighted by molar-refractivity contribution is -0.279. The van der Waals surface area contributed by atoms with Crippen LogP contribution in [0.4, 0.5) is 8.78 Å². The van der Waals surface area contributed by atoms with E-state index in [0.717, 1.165) is 0 Å². The monoisotopic (exact) mass is 163 g/mol. The van der Waals surface area contributed by atoms with Gasteiger partial charge in [0.1, 0.15) is 5.60 Å². The molecule has 2 aliphatic heterocycles. The molecule has 0 aliphatic carbocycles. The lowest BCUT2D eigenvalue weighted by Gasteiger charge is -2.49. The molecule has 0 amide bonds. The summed E-state index contributed by atoms with van der Waals surface area (Å²) in [4.78, 5) is 0. The maximum Gasteiger partial charge on any atom is 0.279 e. The van der Waals surface area contributed by atoms with Crippen molar-refractivity contribution >= 4 is 0 Å². The van der Waals surface area contributed by atoms with Gasteiger partial charge in [-0.1, -0.05) is 0 Å². The summed E-state index contributed by atoms with van der Waals surface area (Å²) in [6.45, 7) is 1.19. The normalized spacial score (nSPS) is 42.0. The van der Waals surface area contributed by atoms with E-state index in [1.54, 1.807) is 0 Å². The fourth-order valence-electron chi connectivity index (χ4n) is 1.67. The van der Waals surface area contributed by atoms with E-state index in [4.69, 9.17) is 4.74 Å². The van der Waals surface area contributed by atoms with Gasteiger partial charge in [-0.15, -0.1) is 0 Å². The molecule has 0 aromatic heterocycles. The molecular weight excluding hydrogens is 152 g/mol. The van der Waals surface area contributed by atoms with E-state index in [1.807, 2.05) is 0 Å². The van der Waals surface area contributed by atoms with Crippen LogP contribution in [0.1, 0.15) is 12.8 Å². The summed E-state index contributed by atoms with van der Waals surface area (Å²) in [5.74, 6) is -2.61. The first-order valence-electron chi connectivity index (χ1n) is 3.89. The Morgan fingerprint density at radius 1 is 1.27 bits per heavy atom. The fraction of sp³-hybridized carbons (Fsp3) is 1.00. The molecule has 1 N–H and O–H groups in total. The molecule has 64 valence electrons. The highest BCUT2D eigenvalue weighted by Gasteiger charge is 2.59. The van der Waals surface area contributed by atoms with Gasteiger partial charge in [-0.3, -0.25) is 0 Å². The minimum absolute atomic E-state index is 0.0903. The SMILES string of the molecule is FC1(F)CCNCC12CCO2. The Morgan fingerprint density at radius 3 is 2.36 bits per heavy atom. The van der Waals surface area contributed by atoms with Crippen molar-refractivity contribution in [3.05, 3.63) is 0 Å². The number of piperidine rings is 1. The van der Waals surface area contributed by atoms with Gasteiger partial charge in [0, 0.05) is 25.9 Å². The second-order valence-corrected chi connectivity index (χ2v) is 3.22. The van der Waals surface area contributed by atoms with Gasteiger partial charge in [0.15, 0.2) is 0 Å². The van der Waals surface area contributed by atoms with Crippen molar-refractivity contribution in [1.82, 2.24) is 5.32 Å². The number of rotatable bonds is 0. The van der Waals surface area contributed by atoms with Crippen LogP contribution in [0.5, 0.6) is 0 Å². The van der Waals surface area contributed by atoms with Crippen LogP contribution >= 0.6 is 0 Å². The van der Waals surface area contributed by atoms with Gasteiger partial charge in [-0.25, -0.2) is 8.78 Å². The van der Waals surface area contributed by atoms with Crippen LogP contribution in [-0.4, -0.2) is 31.2 Å². The van der Waals surface area contributed by atoms with Crippen molar-refractivity contribution in [2.45, 2.75) is 24.4 Å². The highest BCUT2D eigenvalue weighted by Crippen LogP contribution is 2.44. The zero-order valence-corrected chi connectivity index (χ0v) is 6.20. The Kier molecular flexibility index (Phi) is 1.44. The molecule has 2 nitrogen and oxygen atoms in total. The third-order valence-corrected chi connectivity index (χ3v) is 2.58. The minimum Gasteiger partial charge on any atom is -0.367 e. The van der Waals surface area contributed by atoms with Gasteiger partial charge in [-0.2, -0.15) is 0 Å². The van der Waals surface area contributed by atoms with Gasteiger partial charge in [0.2, 0.25) is 0 Å². The first-order valence-corrected chi connectivity index (χ1v) is 3.89. The van der Waals surface area contributed by atoms with Crippen molar-refractivity contribution in [2.75, 3.05) is 19.7 Å². The summed E-state index contributed by atoms with van der Waals surface area (Å²) < 4.78 is 31.2. The molecule has 1 atom stereocenters. The Bertz CT molecular complexity index is 168. The van der Waals surface area contributed by atoms with Crippen molar-refractivity contribution in [3.63, 3.8) is 0 Å². The number of nitrogens with one attached hydrogen (secondary N) is 1. The molecule has 2 aliphatic rings. The van der Waals surface area contributed by atoms with Crippen LogP contribution in [0.25, 0.3) is 0 Å². The molecule has 0 radical (unpaired) electrons. The molecule has 2 fully saturated rings. The van der Waals surface area contributed by atoms with Crippen molar-refractivity contribution in [3.8, 4) is 0 Å². The molecule has 11 heavy (non-hydrogen) atoms. The summed E-state index contributed by atoms with van der Waals surface area (Å²) >= 11 is 0. The molecule has 0 bridgehead atoms. The van der Waals surface area contributed by atoms with E-state index in [9.17, 15) is 8.78 Å². The molecule has 0 saturated carbocycles. The quantitative estimate of drug-likeness (QED) is 0.569. The summed E-state index contributed by atoms with van der Waals surface area (Å²) in [5, 5.41) is 2.93. The van der Waals surface area contributed by atoms with E-state index < -0.39 is 11.5 Å². The van der Waals surface area contributed by atoms with E-state index in [2.05, 4.69) is 5.32 Å². The average molecular weight is 163 g/mol. The zero-order valence-electron chi connectivity index (χ0n) is 6.20. The fourth-order valence-corrected chi connectivity index (χ4v) is 1.67. The second kappa shape index (κ2) is 2.14. The molecule has 2 heterocycles. The topological polar surface area (TPSA) is 21.3 Å². The Hall–Kier alpha value is -0.220. The number of halogens is 2. The molecule has 1 spiro atoms. The molecule has 0 aromatic carbocycles. The Labute approximate surface area is 63.9 Å². The largest absolute Gasteiger partial charge is 0.367 e. The third kappa shape index (κ3) is 0.891. The molecule has 0 aromatic rings. The van der Waals surface area contributed by atoms with Gasteiger partial charge >= 0.3 is 0 Å². The van der Waals surface area contributed by atoms with Gasteiger partial charge in [-0.05, 0) is 0 Å². The number of hydrogen-bond donors (Lipinski definition) is 1. The third-order valence-electron chi connectivity index (χ3n) is 2.58. The van der Waals surface area contributed by atoms with Gasteiger partial charge in [0.25, 0.3) is 5.92 Å². The van der Waals surface area contributed by atoms with Crippen molar-refractivity contribution in [2.24, 2.45) is 0 Å². The lowest BCUT2D eigenvalue weighted by atomic mass is 9.83.